The number of carbonyl (C=O) groups is 2. The number of carbonyl (C=O) groups excluding carboxylic acids is 2. The fourth-order valence-corrected chi connectivity index (χ4v) is 4.40. The topological polar surface area (TPSA) is 65.2 Å². The number of likely N-dealkylation sites (tertiary alicyclic amines) is 1. The maximum Gasteiger partial charge on any atom is 0.239 e. The zero-order valence-electron chi connectivity index (χ0n) is 14.4. The highest BCUT2D eigenvalue weighted by molar-refractivity contribution is 7.10. The van der Waals surface area contributed by atoms with Crippen molar-refractivity contribution in [3.05, 3.63) is 58.4 Å². The lowest BCUT2D eigenvalue weighted by Crippen LogP contribution is -2.39. The molecule has 1 aromatic carbocycles. The summed E-state index contributed by atoms with van der Waals surface area (Å²) in [7, 11) is 0. The third-order valence-electron chi connectivity index (χ3n) is 4.89. The van der Waals surface area contributed by atoms with Crippen molar-refractivity contribution in [2.45, 2.75) is 18.8 Å². The maximum absolute atomic E-state index is 12.3. The van der Waals surface area contributed by atoms with Gasteiger partial charge in [0.15, 0.2) is 0 Å². The highest BCUT2D eigenvalue weighted by atomic mass is 32.1. The van der Waals surface area contributed by atoms with E-state index in [1.54, 1.807) is 16.2 Å². The van der Waals surface area contributed by atoms with E-state index >= 15 is 0 Å². The summed E-state index contributed by atoms with van der Waals surface area (Å²) in [4.78, 5) is 30.2. The van der Waals surface area contributed by atoms with Crippen LogP contribution in [-0.4, -0.2) is 41.3 Å². The van der Waals surface area contributed by atoms with Crippen LogP contribution in [0.3, 0.4) is 0 Å². The predicted molar refractivity (Wildman–Crippen MR) is 103 cm³/mol. The number of benzene rings is 1. The van der Waals surface area contributed by atoms with E-state index in [4.69, 9.17) is 0 Å². The first-order valence-electron chi connectivity index (χ1n) is 8.86. The molecule has 0 unspecified atom stereocenters. The molecule has 0 spiro atoms. The highest BCUT2D eigenvalue weighted by Crippen LogP contribution is 2.32. The lowest BCUT2D eigenvalue weighted by Gasteiger charge is -2.19. The number of nitrogens with one attached hydrogen (secondary N) is 2. The Labute approximate surface area is 156 Å². The minimum atomic E-state index is -0.0957. The van der Waals surface area contributed by atoms with Crippen molar-refractivity contribution in [1.82, 2.24) is 15.2 Å². The highest BCUT2D eigenvalue weighted by Gasteiger charge is 2.24. The maximum atomic E-state index is 12.3. The lowest BCUT2D eigenvalue weighted by molar-refractivity contribution is -0.133. The molecule has 0 radical (unpaired) electrons. The van der Waals surface area contributed by atoms with Crippen LogP contribution in [0.4, 0.5) is 0 Å². The zero-order valence-corrected chi connectivity index (χ0v) is 15.2. The summed E-state index contributed by atoms with van der Waals surface area (Å²) in [6, 6.07) is 12.3. The van der Waals surface area contributed by atoms with Gasteiger partial charge in [0.1, 0.15) is 0 Å². The molecule has 0 saturated carbocycles. The van der Waals surface area contributed by atoms with Crippen LogP contribution in [0, 0.1) is 0 Å². The van der Waals surface area contributed by atoms with Crippen molar-refractivity contribution in [3.8, 4) is 0 Å². The summed E-state index contributed by atoms with van der Waals surface area (Å²) in [5, 5.41) is 6.26. The molecule has 5 nitrogen and oxygen atoms in total. The second kappa shape index (κ2) is 7.33. The van der Waals surface area contributed by atoms with E-state index < -0.39 is 0 Å². The summed E-state index contributed by atoms with van der Waals surface area (Å²) in [6.07, 6.45) is 3.44. The molecular weight excluding hydrogens is 346 g/mol. The molecule has 0 bridgehead atoms. The van der Waals surface area contributed by atoms with E-state index in [2.05, 4.69) is 33.9 Å². The number of nitrogens with zero attached hydrogens (tertiary/aromatic N) is 1. The Morgan fingerprint density at radius 2 is 2.15 bits per heavy atom. The molecule has 2 N–H and O–H groups in total. The Hall–Kier alpha value is -2.60. The van der Waals surface area contributed by atoms with Crippen molar-refractivity contribution in [2.24, 2.45) is 0 Å². The van der Waals surface area contributed by atoms with Gasteiger partial charge in [-0.15, -0.1) is 11.3 Å². The van der Waals surface area contributed by atoms with E-state index in [1.807, 2.05) is 24.4 Å². The molecule has 1 fully saturated rings. The average molecular weight is 367 g/mol. The number of hydrogen-bond acceptors (Lipinski definition) is 3. The summed E-state index contributed by atoms with van der Waals surface area (Å²) < 4.78 is 0. The standard InChI is InChI=1S/C20H21N3O2S/c24-19(13-23-9-3-8-20(23)25)22-12-16(18-7-4-10-26-18)15-11-21-17-6-2-1-5-14(15)17/h1-2,4-7,10-11,16,21H,3,8-9,12-13H2,(H,22,24)/t16-/m1/s1. The Balaban J connectivity index is 1.51. The molecule has 4 rings (SSSR count). The van der Waals surface area contributed by atoms with Gasteiger partial charge in [-0.3, -0.25) is 9.59 Å². The molecule has 6 heteroatoms. The Bertz CT molecular complexity index is 916. The fourth-order valence-electron chi connectivity index (χ4n) is 3.55. The van der Waals surface area contributed by atoms with Crippen LogP contribution in [0.5, 0.6) is 0 Å². The monoisotopic (exact) mass is 367 g/mol. The van der Waals surface area contributed by atoms with Crippen LogP contribution in [0.25, 0.3) is 10.9 Å². The Kier molecular flexibility index (Phi) is 4.75. The number of amides is 2. The zero-order chi connectivity index (χ0) is 17.9. The number of rotatable bonds is 6. The molecule has 1 aliphatic heterocycles. The molecule has 26 heavy (non-hydrogen) atoms. The van der Waals surface area contributed by atoms with Gasteiger partial charge in [0.25, 0.3) is 0 Å². The van der Waals surface area contributed by atoms with Crippen molar-refractivity contribution in [2.75, 3.05) is 19.6 Å². The smallest absolute Gasteiger partial charge is 0.239 e. The van der Waals surface area contributed by atoms with E-state index in [9.17, 15) is 9.59 Å². The van der Waals surface area contributed by atoms with Crippen LogP contribution in [0.15, 0.2) is 48.0 Å². The van der Waals surface area contributed by atoms with Gasteiger partial charge >= 0.3 is 0 Å². The third-order valence-corrected chi connectivity index (χ3v) is 5.88. The normalized spacial score (nSPS) is 15.5. The molecule has 2 aromatic heterocycles. The van der Waals surface area contributed by atoms with E-state index in [0.29, 0.717) is 19.5 Å². The third kappa shape index (κ3) is 3.37. The molecular formula is C20H21N3O2S. The molecule has 3 heterocycles. The second-order valence-corrected chi connectivity index (χ2v) is 7.56. The molecule has 0 aliphatic carbocycles. The number of fused-ring (bicyclic) bond motifs is 1. The van der Waals surface area contributed by atoms with E-state index in [-0.39, 0.29) is 24.3 Å². The first-order valence-corrected chi connectivity index (χ1v) is 9.74. The van der Waals surface area contributed by atoms with Gasteiger partial charge in [0.05, 0.1) is 6.54 Å². The minimum Gasteiger partial charge on any atom is -0.361 e. The summed E-state index contributed by atoms with van der Waals surface area (Å²) in [5.74, 6) is 0.0672. The first-order chi connectivity index (χ1) is 12.7. The van der Waals surface area contributed by atoms with Gasteiger partial charge in [-0.05, 0) is 29.5 Å². The number of hydrogen-bond donors (Lipinski definition) is 2. The molecule has 1 saturated heterocycles. The Morgan fingerprint density at radius 3 is 2.92 bits per heavy atom. The average Bonchev–Trinajstić information content (AvgIpc) is 3.38. The quantitative estimate of drug-likeness (QED) is 0.703. The first kappa shape index (κ1) is 16.8. The summed E-state index contributed by atoms with van der Waals surface area (Å²) in [5.41, 5.74) is 2.28. The molecule has 1 atom stereocenters. The Morgan fingerprint density at radius 1 is 1.27 bits per heavy atom. The van der Waals surface area contributed by atoms with Crippen LogP contribution >= 0.6 is 11.3 Å². The number of thiophene rings is 1. The van der Waals surface area contributed by atoms with Gasteiger partial charge in [0.2, 0.25) is 11.8 Å². The van der Waals surface area contributed by atoms with Crippen molar-refractivity contribution >= 4 is 34.1 Å². The number of aromatic nitrogens is 1. The van der Waals surface area contributed by atoms with Crippen LogP contribution in [0.1, 0.15) is 29.2 Å². The summed E-state index contributed by atoms with van der Waals surface area (Å²) >= 11 is 1.69. The SMILES string of the molecule is O=C(CN1CCCC1=O)NC[C@@H](c1cccs1)c1c[nH]c2ccccc12. The van der Waals surface area contributed by atoms with E-state index in [1.165, 1.54) is 15.8 Å². The molecule has 2 amide bonds. The molecule has 134 valence electrons. The molecule has 3 aromatic rings. The van der Waals surface area contributed by atoms with Crippen LogP contribution in [-0.2, 0) is 9.59 Å². The lowest BCUT2D eigenvalue weighted by atomic mass is 9.96. The van der Waals surface area contributed by atoms with Crippen LogP contribution < -0.4 is 5.32 Å². The van der Waals surface area contributed by atoms with Crippen molar-refractivity contribution < 1.29 is 9.59 Å². The van der Waals surface area contributed by atoms with Gasteiger partial charge < -0.3 is 15.2 Å². The largest absolute Gasteiger partial charge is 0.361 e. The van der Waals surface area contributed by atoms with Gasteiger partial charge in [-0.2, -0.15) is 0 Å². The van der Waals surface area contributed by atoms with Gasteiger partial charge in [-0.1, -0.05) is 24.3 Å². The second-order valence-electron chi connectivity index (χ2n) is 6.58. The summed E-state index contributed by atoms with van der Waals surface area (Å²) in [6.45, 7) is 1.36. The minimum absolute atomic E-state index is 0.0755. The number of H-pyrrole nitrogens is 1. The predicted octanol–water partition coefficient (Wildman–Crippen LogP) is 3.10. The number of aromatic amines is 1. The fraction of sp³-hybridized carbons (Fsp3) is 0.300. The van der Waals surface area contributed by atoms with Crippen LogP contribution in [0.2, 0.25) is 0 Å². The van der Waals surface area contributed by atoms with Crippen molar-refractivity contribution in [3.63, 3.8) is 0 Å². The van der Waals surface area contributed by atoms with Gasteiger partial charge in [-0.25, -0.2) is 0 Å². The van der Waals surface area contributed by atoms with Crippen molar-refractivity contribution in [1.29, 1.82) is 0 Å². The van der Waals surface area contributed by atoms with E-state index in [0.717, 1.165) is 11.9 Å². The molecule has 1 aliphatic rings. The van der Waals surface area contributed by atoms with Gasteiger partial charge in [0, 0.05) is 47.4 Å². The number of para-hydroxylation sites is 1.